The maximum Gasteiger partial charge on any atom is 0.222 e. The lowest BCUT2D eigenvalue weighted by atomic mass is 9.78. The van der Waals surface area contributed by atoms with E-state index in [9.17, 15) is 9.18 Å². The van der Waals surface area contributed by atoms with E-state index in [0.717, 1.165) is 39.4 Å². The molecule has 0 radical (unpaired) electrons. The molecule has 2 aliphatic rings. The van der Waals surface area contributed by atoms with Gasteiger partial charge in [-0.15, -0.1) is 0 Å². The first-order chi connectivity index (χ1) is 16.9. The fourth-order valence-corrected chi connectivity index (χ4v) is 4.77. The average Bonchev–Trinajstić information content (AvgIpc) is 2.82. The zero-order valence-electron chi connectivity index (χ0n) is 20.0. The number of amides is 1. The molecule has 9 heteroatoms. The highest BCUT2D eigenvalue weighted by Gasteiger charge is 2.33. The summed E-state index contributed by atoms with van der Waals surface area (Å²) in [5.74, 6) is 0.292. The number of nitrogens with one attached hydrogen (secondary N) is 1. The maximum absolute atomic E-state index is 14.3. The SMILES string of the molecule is CNc1nc(C)c2c(n1)CC(c1ccc(F)cc1-c1cccnc1)C/C2=N\OC1CN(C(C)=O)C1. The van der Waals surface area contributed by atoms with E-state index in [1.165, 1.54) is 6.07 Å². The minimum absolute atomic E-state index is 0.00905. The van der Waals surface area contributed by atoms with Crippen molar-refractivity contribution in [3.05, 3.63) is 71.1 Å². The molecule has 180 valence electrons. The van der Waals surface area contributed by atoms with Crippen LogP contribution in [0.25, 0.3) is 11.1 Å². The summed E-state index contributed by atoms with van der Waals surface area (Å²) < 4.78 is 14.3. The monoisotopic (exact) mass is 474 g/mol. The number of halogens is 1. The third-order valence-electron chi connectivity index (χ3n) is 6.59. The number of carbonyl (C=O) groups is 1. The number of hydrogen-bond donors (Lipinski definition) is 1. The predicted octanol–water partition coefficient (Wildman–Crippen LogP) is 3.71. The minimum Gasteiger partial charge on any atom is -0.388 e. The van der Waals surface area contributed by atoms with Crippen LogP contribution < -0.4 is 5.32 Å². The van der Waals surface area contributed by atoms with Gasteiger partial charge in [0.1, 0.15) is 5.82 Å². The lowest BCUT2D eigenvalue weighted by Crippen LogP contribution is -2.53. The average molecular weight is 475 g/mol. The summed E-state index contributed by atoms with van der Waals surface area (Å²) in [6, 6.07) is 8.68. The van der Waals surface area contributed by atoms with E-state index in [4.69, 9.17) is 9.82 Å². The van der Waals surface area contributed by atoms with Crippen LogP contribution >= 0.6 is 0 Å². The Morgan fingerprint density at radius 2 is 2.06 bits per heavy atom. The summed E-state index contributed by atoms with van der Waals surface area (Å²) in [6.07, 6.45) is 4.57. The Bertz CT molecular complexity index is 1290. The van der Waals surface area contributed by atoms with Crippen molar-refractivity contribution >= 4 is 17.6 Å². The molecule has 1 amide bonds. The molecular formula is C26H27FN6O2. The summed E-state index contributed by atoms with van der Waals surface area (Å²) in [6.45, 7) is 4.54. The third-order valence-corrected chi connectivity index (χ3v) is 6.59. The van der Waals surface area contributed by atoms with E-state index in [0.29, 0.717) is 31.9 Å². The van der Waals surface area contributed by atoms with Gasteiger partial charge in [0.05, 0.1) is 30.2 Å². The minimum atomic E-state index is -0.295. The first-order valence-corrected chi connectivity index (χ1v) is 11.7. The van der Waals surface area contributed by atoms with Gasteiger partial charge in [-0.1, -0.05) is 17.3 Å². The van der Waals surface area contributed by atoms with Gasteiger partial charge in [-0.25, -0.2) is 14.4 Å². The Balaban J connectivity index is 1.52. The number of rotatable bonds is 5. The molecule has 35 heavy (non-hydrogen) atoms. The van der Waals surface area contributed by atoms with E-state index in [-0.39, 0.29) is 23.7 Å². The molecule has 1 aliphatic carbocycles. The molecule has 1 N–H and O–H groups in total. The smallest absolute Gasteiger partial charge is 0.222 e. The molecule has 3 heterocycles. The van der Waals surface area contributed by atoms with Crippen molar-refractivity contribution in [3.63, 3.8) is 0 Å². The molecule has 1 unspecified atom stereocenters. The zero-order valence-corrected chi connectivity index (χ0v) is 20.0. The number of fused-ring (bicyclic) bond motifs is 1. The molecular weight excluding hydrogens is 447 g/mol. The zero-order chi connectivity index (χ0) is 24.5. The fourth-order valence-electron chi connectivity index (χ4n) is 4.77. The maximum atomic E-state index is 14.3. The van der Waals surface area contributed by atoms with Crippen molar-refractivity contribution in [1.82, 2.24) is 19.9 Å². The molecule has 0 bridgehead atoms. The van der Waals surface area contributed by atoms with Gasteiger partial charge in [-0.05, 0) is 48.6 Å². The summed E-state index contributed by atoms with van der Waals surface area (Å²) in [4.78, 5) is 32.6. The Morgan fingerprint density at radius 1 is 1.23 bits per heavy atom. The molecule has 0 spiro atoms. The third kappa shape index (κ3) is 4.58. The summed E-state index contributed by atoms with van der Waals surface area (Å²) in [5.41, 5.74) is 6.03. The van der Waals surface area contributed by atoms with Crippen molar-refractivity contribution < 1.29 is 14.0 Å². The number of pyridine rings is 1. The highest BCUT2D eigenvalue weighted by atomic mass is 19.1. The van der Waals surface area contributed by atoms with Crippen LogP contribution in [-0.4, -0.2) is 57.7 Å². The van der Waals surface area contributed by atoms with Gasteiger partial charge in [0, 0.05) is 43.9 Å². The van der Waals surface area contributed by atoms with Gasteiger partial charge >= 0.3 is 0 Å². The second-order valence-electron chi connectivity index (χ2n) is 8.97. The number of aryl methyl sites for hydroxylation is 1. The molecule has 0 saturated carbocycles. The van der Waals surface area contributed by atoms with Gasteiger partial charge in [-0.3, -0.25) is 9.78 Å². The Morgan fingerprint density at radius 3 is 2.77 bits per heavy atom. The second kappa shape index (κ2) is 9.40. The standard InChI is InChI=1S/C26H27FN6O2/c1-15-25-23(31-26(28-3)30-15)9-18(10-24(25)32-35-20-13-33(14-20)16(2)34)21-7-6-19(27)11-22(21)17-5-4-8-29-12-17/h4-8,11-12,18,20H,9-10,13-14H2,1-3H3,(H,28,30,31)/b32-24+. The molecule has 1 fully saturated rings. The molecule has 1 saturated heterocycles. The largest absolute Gasteiger partial charge is 0.388 e. The Labute approximate surface area is 203 Å². The van der Waals surface area contributed by atoms with Gasteiger partial charge in [-0.2, -0.15) is 0 Å². The topological polar surface area (TPSA) is 92.6 Å². The van der Waals surface area contributed by atoms with Crippen molar-refractivity contribution in [1.29, 1.82) is 0 Å². The molecule has 1 aliphatic heterocycles. The van der Waals surface area contributed by atoms with Crippen molar-refractivity contribution in [2.45, 2.75) is 38.7 Å². The number of hydrogen-bond acceptors (Lipinski definition) is 7. The number of aromatic nitrogens is 3. The van der Waals surface area contributed by atoms with Crippen LogP contribution in [0.3, 0.4) is 0 Å². The van der Waals surface area contributed by atoms with Crippen LogP contribution in [0.2, 0.25) is 0 Å². The number of likely N-dealkylation sites (tertiary alicyclic amines) is 1. The van der Waals surface area contributed by atoms with Gasteiger partial charge < -0.3 is 15.1 Å². The molecule has 3 aromatic rings. The molecule has 1 atom stereocenters. The first kappa shape index (κ1) is 22.9. The van der Waals surface area contributed by atoms with Crippen LogP contribution in [0.1, 0.15) is 41.8 Å². The van der Waals surface area contributed by atoms with Crippen LogP contribution in [0.5, 0.6) is 0 Å². The van der Waals surface area contributed by atoms with Crippen LogP contribution in [0.15, 0.2) is 47.9 Å². The van der Waals surface area contributed by atoms with Crippen LogP contribution in [0.4, 0.5) is 10.3 Å². The molecule has 8 nitrogen and oxygen atoms in total. The predicted molar refractivity (Wildman–Crippen MR) is 131 cm³/mol. The number of oxime groups is 1. The van der Waals surface area contributed by atoms with E-state index in [1.807, 2.05) is 25.1 Å². The van der Waals surface area contributed by atoms with Gasteiger partial charge in [0.15, 0.2) is 6.10 Å². The second-order valence-corrected chi connectivity index (χ2v) is 8.97. The van der Waals surface area contributed by atoms with Crippen molar-refractivity contribution in [3.8, 4) is 11.1 Å². The molecule has 1 aromatic carbocycles. The highest BCUT2D eigenvalue weighted by molar-refractivity contribution is 6.03. The number of carbonyl (C=O) groups excluding carboxylic acids is 1. The Hall–Kier alpha value is -3.88. The number of anilines is 1. The van der Waals surface area contributed by atoms with Crippen LogP contribution in [0, 0.1) is 12.7 Å². The van der Waals surface area contributed by atoms with E-state index in [2.05, 4.69) is 20.4 Å². The summed E-state index contributed by atoms with van der Waals surface area (Å²) >= 11 is 0. The lowest BCUT2D eigenvalue weighted by molar-refractivity contribution is -0.142. The lowest BCUT2D eigenvalue weighted by Gasteiger charge is -2.36. The van der Waals surface area contributed by atoms with Gasteiger partial charge in [0.25, 0.3) is 0 Å². The van der Waals surface area contributed by atoms with Crippen molar-refractivity contribution in [2.24, 2.45) is 5.16 Å². The summed E-state index contributed by atoms with van der Waals surface area (Å²) in [7, 11) is 1.79. The van der Waals surface area contributed by atoms with E-state index >= 15 is 0 Å². The molecule has 2 aromatic heterocycles. The first-order valence-electron chi connectivity index (χ1n) is 11.7. The number of nitrogens with zero attached hydrogens (tertiary/aromatic N) is 5. The number of benzene rings is 1. The normalized spacial score (nSPS) is 18.7. The van der Waals surface area contributed by atoms with E-state index < -0.39 is 0 Å². The van der Waals surface area contributed by atoms with E-state index in [1.54, 1.807) is 37.3 Å². The van der Waals surface area contributed by atoms with Crippen molar-refractivity contribution in [2.75, 3.05) is 25.5 Å². The Kier molecular flexibility index (Phi) is 6.15. The summed E-state index contributed by atoms with van der Waals surface area (Å²) in [5, 5.41) is 7.57. The quantitative estimate of drug-likeness (QED) is 0.567. The van der Waals surface area contributed by atoms with Crippen LogP contribution in [-0.2, 0) is 16.1 Å². The molecule has 5 rings (SSSR count). The fraction of sp³-hybridized carbons (Fsp3) is 0.346. The van der Waals surface area contributed by atoms with Gasteiger partial charge in [0.2, 0.25) is 11.9 Å². The highest BCUT2D eigenvalue weighted by Crippen LogP contribution is 2.38.